The molecule has 2 atom stereocenters. The van der Waals surface area contributed by atoms with Gasteiger partial charge in [0.1, 0.15) is 17.7 Å². The minimum absolute atomic E-state index is 0.181. The van der Waals surface area contributed by atoms with Gasteiger partial charge in [-0.2, -0.15) is 0 Å². The van der Waals surface area contributed by atoms with Crippen LogP contribution < -0.4 is 5.32 Å². The minimum Gasteiger partial charge on any atom is -0.483 e. The highest BCUT2D eigenvalue weighted by molar-refractivity contribution is 5.83. The molecule has 48 heavy (non-hydrogen) atoms. The molecule has 1 aliphatic heterocycles. The Morgan fingerprint density at radius 2 is 1.58 bits per heavy atom. The van der Waals surface area contributed by atoms with Crippen LogP contribution in [0.25, 0.3) is 33.6 Å². The number of ether oxygens (including phenoxy) is 1. The number of imidazole rings is 2. The fourth-order valence-electron chi connectivity index (χ4n) is 5.93. The highest BCUT2D eigenvalue weighted by Gasteiger charge is 2.50. The third-order valence-corrected chi connectivity index (χ3v) is 8.28. The van der Waals surface area contributed by atoms with E-state index in [1.54, 1.807) is 19.4 Å². The lowest BCUT2D eigenvalue weighted by Crippen LogP contribution is -2.49. The monoisotopic (exact) mass is 667 g/mol. The third kappa shape index (κ3) is 8.25. The molecule has 13 heteroatoms. The van der Waals surface area contributed by atoms with Gasteiger partial charge < -0.3 is 24.9 Å². The van der Waals surface area contributed by atoms with Crippen LogP contribution in [0.5, 0.6) is 0 Å². The molecule has 9 nitrogen and oxygen atoms in total. The van der Waals surface area contributed by atoms with E-state index in [2.05, 4.69) is 31.8 Å². The van der Waals surface area contributed by atoms with Gasteiger partial charge in [-0.1, -0.05) is 62.4 Å². The molecule has 4 aromatic rings. The van der Waals surface area contributed by atoms with Crippen molar-refractivity contribution in [2.45, 2.75) is 57.7 Å². The Hall–Kier alpha value is -4.65. The number of hydrogen-bond donors (Lipinski definition) is 3. The highest BCUT2D eigenvalue weighted by Crippen LogP contribution is 2.41. The lowest BCUT2D eigenvalue weighted by Gasteiger charge is -2.30. The summed E-state index contributed by atoms with van der Waals surface area (Å²) in [6, 6.07) is 13.9. The smallest absolute Gasteiger partial charge is 0.267 e. The van der Waals surface area contributed by atoms with Gasteiger partial charge in [0, 0.05) is 13.3 Å². The molecule has 0 bridgehead atoms. The number of carbonyl (C=O) groups excluding carboxylic acids is 1. The van der Waals surface area contributed by atoms with E-state index in [0.717, 1.165) is 34.9 Å². The average Bonchev–Trinajstić information content (AvgIpc) is 3.77. The van der Waals surface area contributed by atoms with Gasteiger partial charge in [-0.25, -0.2) is 27.5 Å². The van der Waals surface area contributed by atoms with E-state index in [1.165, 1.54) is 16.9 Å². The molecular formula is C35H41F4N7O2. The van der Waals surface area contributed by atoms with Crippen molar-refractivity contribution >= 4 is 5.91 Å². The van der Waals surface area contributed by atoms with E-state index < -0.39 is 42.8 Å². The molecule has 0 saturated carbocycles. The minimum atomic E-state index is -3.06. The van der Waals surface area contributed by atoms with E-state index in [4.69, 9.17) is 4.74 Å². The molecule has 256 valence electrons. The number of rotatable bonds is 13. The topological polar surface area (TPSA) is 102 Å². The number of hydrogen-bond acceptors (Lipinski definition) is 6. The molecule has 1 aliphatic rings. The summed E-state index contributed by atoms with van der Waals surface area (Å²) in [6.07, 6.45) is 2.74. The third-order valence-electron chi connectivity index (χ3n) is 8.28. The van der Waals surface area contributed by atoms with E-state index in [1.807, 2.05) is 62.4 Å². The number of halogens is 4. The second kappa shape index (κ2) is 13.8. The van der Waals surface area contributed by atoms with Crippen molar-refractivity contribution in [2.24, 2.45) is 5.92 Å². The van der Waals surface area contributed by atoms with Crippen LogP contribution in [0.3, 0.4) is 0 Å². The van der Waals surface area contributed by atoms with Gasteiger partial charge in [0.15, 0.2) is 5.88 Å². The molecule has 3 N–H and O–H groups in total. The van der Waals surface area contributed by atoms with Crippen LogP contribution in [-0.4, -0.2) is 80.8 Å². The van der Waals surface area contributed by atoms with Crippen molar-refractivity contribution in [1.29, 1.82) is 0 Å². The molecule has 1 fully saturated rings. The van der Waals surface area contributed by atoms with Crippen LogP contribution >= 0.6 is 0 Å². The predicted octanol–water partition coefficient (Wildman–Crippen LogP) is 6.86. The number of nitrogens with zero attached hydrogens (tertiary/aromatic N) is 4. The lowest BCUT2D eigenvalue weighted by atomic mass is 10.0. The fraction of sp³-hybridized carbons (Fsp3) is 0.400. The number of alkyl halides is 4. The number of likely N-dealkylation sites (tertiary alicyclic amines) is 1. The summed E-state index contributed by atoms with van der Waals surface area (Å²) in [5.74, 6) is -5.45. The zero-order valence-electron chi connectivity index (χ0n) is 27.7. The second-order valence-electron chi connectivity index (χ2n) is 12.9. The second-order valence-corrected chi connectivity index (χ2v) is 12.9. The Morgan fingerprint density at radius 1 is 1.04 bits per heavy atom. The maximum atomic E-state index is 14.7. The van der Waals surface area contributed by atoms with Crippen LogP contribution in [0.15, 0.2) is 73.4 Å². The summed E-state index contributed by atoms with van der Waals surface area (Å²) in [5, 5.41) is 2.91. The van der Waals surface area contributed by atoms with Crippen LogP contribution in [-0.2, 0) is 16.1 Å². The molecule has 0 spiro atoms. The molecule has 0 radical (unpaired) electrons. The highest BCUT2D eigenvalue weighted by atomic mass is 19.3. The Bertz CT molecular complexity index is 1710. The van der Waals surface area contributed by atoms with E-state index in [-0.39, 0.29) is 24.9 Å². The fourth-order valence-corrected chi connectivity index (χ4v) is 5.93. The maximum absolute atomic E-state index is 14.7. The van der Waals surface area contributed by atoms with E-state index in [9.17, 15) is 22.4 Å². The first-order chi connectivity index (χ1) is 22.6. The first-order valence-corrected chi connectivity index (χ1v) is 15.7. The lowest BCUT2D eigenvalue weighted by molar-refractivity contribution is -0.137. The first kappa shape index (κ1) is 34.7. The number of amides is 1. The van der Waals surface area contributed by atoms with E-state index >= 15 is 0 Å². The normalized spacial score (nSPS) is 16.8. The quantitative estimate of drug-likeness (QED) is 0.106. The van der Waals surface area contributed by atoms with Gasteiger partial charge in [0.25, 0.3) is 11.8 Å². The number of nitrogens with one attached hydrogen (secondary N) is 3. The summed E-state index contributed by atoms with van der Waals surface area (Å²) in [5.41, 5.74) is 5.10. The number of benzene rings is 2. The molecule has 0 aliphatic carbocycles. The molecule has 5 rings (SSSR count). The standard InChI is InChI=1S/C35H41F4N7O2/c1-21(2)31(42-22(3)48-6)33(47)46-20-35(38,39)15-29(46)32-41-17-28(44-32)26-13-9-24(10-14-26)23-7-11-25(12-8-23)27-16-40-30(43-27)18-45(5)19-34(4,36)37/h7-14,16-17,21,29,31,42H,3,15,18-20H2,1-2,4-6H3,(H,40,43)(H,41,44)/t29-,31-/m0/s1. The molecule has 1 saturated heterocycles. The van der Waals surface area contributed by atoms with Crippen LogP contribution in [0, 0.1) is 5.92 Å². The van der Waals surface area contributed by atoms with Gasteiger partial charge in [0.2, 0.25) is 5.91 Å². The maximum Gasteiger partial charge on any atom is 0.267 e. The van der Waals surface area contributed by atoms with E-state index in [0.29, 0.717) is 17.3 Å². The zero-order valence-corrected chi connectivity index (χ0v) is 27.7. The van der Waals surface area contributed by atoms with Crippen molar-refractivity contribution in [1.82, 2.24) is 35.1 Å². The number of aromatic nitrogens is 4. The number of methoxy groups -OCH3 is 1. The summed E-state index contributed by atoms with van der Waals surface area (Å²) in [7, 11) is 3.04. The largest absolute Gasteiger partial charge is 0.483 e. The predicted molar refractivity (Wildman–Crippen MR) is 176 cm³/mol. The average molecular weight is 668 g/mol. The Morgan fingerprint density at radius 3 is 2.12 bits per heavy atom. The van der Waals surface area contributed by atoms with Crippen LogP contribution in [0.2, 0.25) is 0 Å². The molecule has 2 aromatic carbocycles. The van der Waals surface area contributed by atoms with Crippen LogP contribution in [0.4, 0.5) is 17.6 Å². The van der Waals surface area contributed by atoms with Crippen molar-refractivity contribution in [2.75, 3.05) is 27.2 Å². The zero-order chi connectivity index (χ0) is 34.8. The van der Waals surface area contributed by atoms with Crippen molar-refractivity contribution in [3.63, 3.8) is 0 Å². The summed E-state index contributed by atoms with van der Waals surface area (Å²) in [6.45, 7) is 7.46. The number of carbonyl (C=O) groups is 1. The van der Waals surface area contributed by atoms with Gasteiger partial charge >= 0.3 is 0 Å². The van der Waals surface area contributed by atoms with Crippen LogP contribution in [0.1, 0.15) is 44.9 Å². The summed E-state index contributed by atoms with van der Waals surface area (Å²) < 4.78 is 61.1. The molecule has 1 amide bonds. The summed E-state index contributed by atoms with van der Waals surface area (Å²) >= 11 is 0. The molecule has 0 unspecified atom stereocenters. The first-order valence-electron chi connectivity index (χ1n) is 15.7. The van der Waals surface area contributed by atoms with Gasteiger partial charge in [-0.05, 0) is 41.8 Å². The van der Waals surface area contributed by atoms with Gasteiger partial charge in [0.05, 0.1) is 56.6 Å². The SMILES string of the molecule is C=C(N[C@H](C(=O)N1CC(F)(F)C[C@H]1c1ncc(-c2ccc(-c3ccc(-c4cnc(CN(C)CC(C)(F)F)[nH]4)cc3)cc2)[nH]1)C(C)C)OC. The molecule has 2 aromatic heterocycles. The Kier molecular flexibility index (Phi) is 9.99. The molecular weight excluding hydrogens is 626 g/mol. The van der Waals surface area contributed by atoms with Crippen molar-refractivity contribution in [3.8, 4) is 33.6 Å². The number of aromatic amines is 2. The van der Waals surface area contributed by atoms with Crippen molar-refractivity contribution in [3.05, 3.63) is 85.0 Å². The van der Waals surface area contributed by atoms with Crippen molar-refractivity contribution < 1.29 is 27.1 Å². The summed E-state index contributed by atoms with van der Waals surface area (Å²) in [4.78, 5) is 31.3. The van der Waals surface area contributed by atoms with Gasteiger partial charge in [-0.3, -0.25) is 9.69 Å². The molecule has 3 heterocycles. The Labute approximate surface area is 277 Å². The number of H-pyrrole nitrogens is 2. The van der Waals surface area contributed by atoms with Gasteiger partial charge in [-0.15, -0.1) is 0 Å². The Balaban J connectivity index is 1.27.